The molecule has 0 unspecified atom stereocenters. The first-order valence-electron chi connectivity index (χ1n) is 9.88. The van der Waals surface area contributed by atoms with Crippen molar-refractivity contribution < 1.29 is 14.0 Å². The van der Waals surface area contributed by atoms with E-state index in [2.05, 4.69) is 16.8 Å². The van der Waals surface area contributed by atoms with Crippen molar-refractivity contribution in [1.82, 2.24) is 9.88 Å². The van der Waals surface area contributed by atoms with Gasteiger partial charge in [-0.3, -0.25) is 9.78 Å². The molecule has 160 valence electrons. The van der Waals surface area contributed by atoms with Crippen LogP contribution in [0.1, 0.15) is 30.0 Å². The first-order valence-corrected chi connectivity index (χ1v) is 10.3. The van der Waals surface area contributed by atoms with E-state index in [9.17, 15) is 9.59 Å². The highest BCUT2D eigenvalue weighted by atomic mass is 35.5. The van der Waals surface area contributed by atoms with Crippen molar-refractivity contribution in [3.05, 3.63) is 94.5 Å². The number of pyridine rings is 1. The highest BCUT2D eigenvalue weighted by molar-refractivity contribution is 6.35. The molecule has 3 amide bonds. The van der Waals surface area contributed by atoms with Gasteiger partial charge in [-0.15, -0.1) is 0 Å². The van der Waals surface area contributed by atoms with E-state index in [1.807, 2.05) is 30.3 Å². The highest BCUT2D eigenvalue weighted by Crippen LogP contribution is 2.40. The van der Waals surface area contributed by atoms with Crippen LogP contribution in [0.15, 0.2) is 67.0 Å². The molecule has 1 aromatic heterocycles. The molecule has 0 radical (unpaired) electrons. The van der Waals surface area contributed by atoms with Crippen molar-refractivity contribution in [2.45, 2.75) is 18.9 Å². The lowest BCUT2D eigenvalue weighted by Crippen LogP contribution is -2.60. The van der Waals surface area contributed by atoms with Crippen LogP contribution in [-0.2, 0) is 10.3 Å². The molecule has 1 atom stereocenters. The minimum Gasteiger partial charge on any atom is -0.317 e. The standard InChI is InChI=1S/C25H19ClFN3O2/c1-25(19-9-6-12-28-16-19)15-22(31)30(24(32)29(25)2)23-20(26)13-18(14-21(23)27)11-10-17-7-4-3-5-8-17/h3-9,12-14,16H,15H2,1-2H3/t25-/m0/s1. The number of imide groups is 1. The van der Waals surface area contributed by atoms with Crippen molar-refractivity contribution in [2.75, 3.05) is 11.9 Å². The minimum absolute atomic E-state index is 0.0493. The number of amides is 3. The molecular weight excluding hydrogens is 429 g/mol. The SMILES string of the molecule is CN1C(=O)N(c2c(F)cc(C#Cc3ccccc3)cc2Cl)C(=O)C[C@@]1(C)c1cccnc1. The minimum atomic E-state index is -0.914. The van der Waals surface area contributed by atoms with E-state index in [1.54, 1.807) is 38.5 Å². The Hall–Kier alpha value is -3.69. The molecule has 5 nitrogen and oxygen atoms in total. The average Bonchev–Trinajstić information content (AvgIpc) is 2.79. The summed E-state index contributed by atoms with van der Waals surface area (Å²) < 4.78 is 15.1. The summed E-state index contributed by atoms with van der Waals surface area (Å²) in [5.41, 5.74) is 0.633. The van der Waals surface area contributed by atoms with Crippen LogP contribution in [0.3, 0.4) is 0 Å². The first-order chi connectivity index (χ1) is 15.3. The Morgan fingerprint density at radius 1 is 1.06 bits per heavy atom. The van der Waals surface area contributed by atoms with Crippen LogP contribution in [-0.4, -0.2) is 28.9 Å². The third kappa shape index (κ3) is 3.83. The van der Waals surface area contributed by atoms with Crippen molar-refractivity contribution in [1.29, 1.82) is 0 Å². The molecule has 4 rings (SSSR count). The third-order valence-corrected chi connectivity index (χ3v) is 5.90. The van der Waals surface area contributed by atoms with Gasteiger partial charge in [0.2, 0.25) is 5.91 Å². The fraction of sp³-hybridized carbons (Fsp3) is 0.160. The second-order valence-corrected chi connectivity index (χ2v) is 8.07. The number of halogens is 2. The fourth-order valence-electron chi connectivity index (χ4n) is 3.67. The van der Waals surface area contributed by atoms with E-state index in [0.717, 1.165) is 10.5 Å². The number of carbonyl (C=O) groups is 2. The maximum absolute atomic E-state index is 15.1. The smallest absolute Gasteiger partial charge is 0.317 e. The molecule has 0 N–H and O–H groups in total. The van der Waals surface area contributed by atoms with Gasteiger partial charge < -0.3 is 4.90 Å². The van der Waals surface area contributed by atoms with Gasteiger partial charge in [-0.25, -0.2) is 14.1 Å². The number of hydrogen-bond acceptors (Lipinski definition) is 3. The molecule has 0 aliphatic carbocycles. The summed E-state index contributed by atoms with van der Waals surface area (Å²) in [5.74, 6) is 4.44. The van der Waals surface area contributed by atoms with E-state index in [-0.39, 0.29) is 17.1 Å². The normalized spacial score (nSPS) is 18.4. The molecule has 1 aliphatic rings. The summed E-state index contributed by atoms with van der Waals surface area (Å²) in [6.45, 7) is 1.78. The fourth-order valence-corrected chi connectivity index (χ4v) is 3.97. The Morgan fingerprint density at radius 2 is 1.78 bits per heavy atom. The molecule has 1 saturated heterocycles. The molecule has 7 heteroatoms. The molecule has 3 aromatic rings. The molecule has 1 aliphatic heterocycles. The Bertz CT molecular complexity index is 1230. The summed E-state index contributed by atoms with van der Waals surface area (Å²) in [7, 11) is 1.57. The van der Waals surface area contributed by atoms with E-state index >= 15 is 4.39 Å². The zero-order chi connectivity index (χ0) is 22.9. The average molecular weight is 448 g/mol. The molecule has 0 bridgehead atoms. The number of urea groups is 1. The molecule has 0 spiro atoms. The van der Waals surface area contributed by atoms with Gasteiger partial charge >= 0.3 is 6.03 Å². The summed E-state index contributed by atoms with van der Waals surface area (Å²) in [6, 6.07) is 14.7. The number of hydrogen-bond donors (Lipinski definition) is 0. The summed E-state index contributed by atoms with van der Waals surface area (Å²) in [5, 5.41) is -0.0672. The highest BCUT2D eigenvalue weighted by Gasteiger charge is 2.47. The van der Waals surface area contributed by atoms with Gasteiger partial charge in [0.05, 0.1) is 17.0 Å². The molecule has 2 aromatic carbocycles. The monoisotopic (exact) mass is 447 g/mol. The van der Waals surface area contributed by atoms with Crippen molar-refractivity contribution in [3.8, 4) is 11.8 Å². The van der Waals surface area contributed by atoms with Crippen LogP contribution in [0.5, 0.6) is 0 Å². The number of benzene rings is 2. The number of carbonyl (C=O) groups excluding carboxylic acids is 2. The van der Waals surface area contributed by atoms with Gasteiger partial charge in [0, 0.05) is 30.6 Å². The predicted octanol–water partition coefficient (Wildman–Crippen LogP) is 4.98. The Balaban J connectivity index is 1.68. The molecule has 32 heavy (non-hydrogen) atoms. The van der Waals surface area contributed by atoms with Gasteiger partial charge in [-0.1, -0.05) is 47.7 Å². The summed E-state index contributed by atoms with van der Waals surface area (Å²) in [6.07, 6.45) is 3.18. The second-order valence-electron chi connectivity index (χ2n) is 7.67. The van der Waals surface area contributed by atoms with Crippen LogP contribution in [0.2, 0.25) is 5.02 Å². The van der Waals surface area contributed by atoms with Gasteiger partial charge in [0.15, 0.2) is 0 Å². The lowest BCUT2D eigenvalue weighted by Gasteiger charge is -2.45. The largest absolute Gasteiger partial charge is 0.331 e. The van der Waals surface area contributed by atoms with E-state index in [4.69, 9.17) is 11.6 Å². The molecule has 0 saturated carbocycles. The van der Waals surface area contributed by atoms with Crippen LogP contribution in [0.25, 0.3) is 0 Å². The van der Waals surface area contributed by atoms with Crippen molar-refractivity contribution in [2.24, 2.45) is 0 Å². The van der Waals surface area contributed by atoms with Gasteiger partial charge in [0.25, 0.3) is 0 Å². The third-order valence-electron chi connectivity index (χ3n) is 5.61. The second kappa shape index (κ2) is 8.45. The van der Waals surface area contributed by atoms with Crippen LogP contribution in [0.4, 0.5) is 14.9 Å². The number of anilines is 1. The van der Waals surface area contributed by atoms with E-state index < -0.39 is 23.3 Å². The van der Waals surface area contributed by atoms with Crippen LogP contribution >= 0.6 is 11.6 Å². The predicted molar refractivity (Wildman–Crippen MR) is 121 cm³/mol. The Kier molecular flexibility index (Phi) is 5.68. The van der Waals surface area contributed by atoms with Gasteiger partial charge in [0.1, 0.15) is 11.5 Å². The maximum atomic E-state index is 15.1. The van der Waals surface area contributed by atoms with Crippen molar-refractivity contribution in [3.63, 3.8) is 0 Å². The summed E-state index contributed by atoms with van der Waals surface area (Å²) in [4.78, 5) is 32.5. The zero-order valence-electron chi connectivity index (χ0n) is 17.5. The van der Waals surface area contributed by atoms with E-state index in [1.165, 1.54) is 17.0 Å². The van der Waals surface area contributed by atoms with E-state index in [0.29, 0.717) is 11.1 Å². The first kappa shape index (κ1) is 21.5. The Morgan fingerprint density at radius 3 is 2.44 bits per heavy atom. The van der Waals surface area contributed by atoms with Crippen LogP contribution < -0.4 is 4.90 Å². The lowest BCUT2D eigenvalue weighted by molar-refractivity contribution is -0.122. The molecule has 1 fully saturated rings. The number of aromatic nitrogens is 1. The zero-order valence-corrected chi connectivity index (χ0v) is 18.2. The number of nitrogens with zero attached hydrogens (tertiary/aromatic N) is 3. The molecule has 2 heterocycles. The van der Waals surface area contributed by atoms with Crippen molar-refractivity contribution >= 4 is 29.2 Å². The maximum Gasteiger partial charge on any atom is 0.331 e. The topological polar surface area (TPSA) is 53.5 Å². The Labute approximate surface area is 190 Å². The lowest BCUT2D eigenvalue weighted by atomic mass is 9.86. The van der Waals surface area contributed by atoms with Crippen LogP contribution in [0, 0.1) is 17.7 Å². The summed E-state index contributed by atoms with van der Waals surface area (Å²) >= 11 is 6.33. The molecular formula is C25H19ClFN3O2. The van der Waals surface area contributed by atoms with Gasteiger partial charge in [-0.05, 0) is 42.8 Å². The van der Waals surface area contributed by atoms with Gasteiger partial charge in [-0.2, -0.15) is 0 Å². The number of rotatable bonds is 2. The quantitative estimate of drug-likeness (QED) is 0.521.